The minimum absolute atomic E-state index is 0.312. The first-order valence-electron chi connectivity index (χ1n) is 7.62. The Balaban J connectivity index is 2.21. The Morgan fingerprint density at radius 3 is 2.40 bits per heavy atom. The summed E-state index contributed by atoms with van der Waals surface area (Å²) in [5, 5.41) is 8.97. The molecule has 1 rings (SSSR count). The van der Waals surface area contributed by atoms with Crippen LogP contribution in [0.15, 0.2) is 30.3 Å². The molecule has 1 aromatic carbocycles. The van der Waals surface area contributed by atoms with Gasteiger partial charge in [0.2, 0.25) is 0 Å². The van der Waals surface area contributed by atoms with Crippen LogP contribution in [0.25, 0.3) is 0 Å². The van der Waals surface area contributed by atoms with Gasteiger partial charge in [-0.2, -0.15) is 0 Å². The van der Waals surface area contributed by atoms with Crippen LogP contribution in [0, 0.1) is 0 Å². The van der Waals surface area contributed by atoms with E-state index in [-0.39, 0.29) is 5.25 Å². The monoisotopic (exact) mass is 294 g/mol. The van der Waals surface area contributed by atoms with Gasteiger partial charge in [0.15, 0.2) is 0 Å². The third kappa shape index (κ3) is 7.59. The van der Waals surface area contributed by atoms with Gasteiger partial charge in [-0.05, 0) is 24.2 Å². The summed E-state index contributed by atoms with van der Waals surface area (Å²) in [5.74, 6) is 0.264. The Morgan fingerprint density at radius 1 is 1.10 bits per heavy atom. The fourth-order valence-corrected chi connectivity index (χ4v) is 3.26. The highest BCUT2D eigenvalue weighted by molar-refractivity contribution is 8.00. The molecule has 0 aliphatic heterocycles. The SMILES string of the molecule is CCCCCCCCSC(Cc1ccccc1)C(=O)O. The van der Waals surface area contributed by atoms with E-state index in [0.29, 0.717) is 6.42 Å². The minimum Gasteiger partial charge on any atom is -0.480 e. The summed E-state index contributed by atoms with van der Waals surface area (Å²) >= 11 is 1.59. The fourth-order valence-electron chi connectivity index (χ4n) is 2.15. The summed E-state index contributed by atoms with van der Waals surface area (Å²) in [6.07, 6.45) is 8.17. The number of carboxylic acids is 1. The zero-order valence-corrected chi connectivity index (χ0v) is 13.2. The summed E-state index contributed by atoms with van der Waals surface area (Å²) in [6.45, 7) is 2.22. The highest BCUT2D eigenvalue weighted by Gasteiger charge is 2.17. The van der Waals surface area contributed by atoms with Gasteiger partial charge in [0, 0.05) is 0 Å². The van der Waals surface area contributed by atoms with Crippen LogP contribution in [-0.2, 0) is 11.2 Å². The molecule has 0 saturated heterocycles. The van der Waals surface area contributed by atoms with E-state index in [0.717, 1.165) is 17.7 Å². The fraction of sp³-hybridized carbons (Fsp3) is 0.588. The van der Waals surface area contributed by atoms with Crippen molar-refractivity contribution in [2.24, 2.45) is 0 Å². The third-order valence-corrected chi connectivity index (χ3v) is 4.65. The number of hydrogen-bond donors (Lipinski definition) is 1. The van der Waals surface area contributed by atoms with E-state index in [2.05, 4.69) is 6.92 Å². The molecule has 0 bridgehead atoms. The standard InChI is InChI=1S/C17H26O2S/c1-2-3-4-5-6-10-13-20-16(17(18)19)14-15-11-8-7-9-12-15/h7-9,11-12,16H,2-6,10,13-14H2,1H3,(H,18,19). The maximum absolute atomic E-state index is 11.3. The molecule has 0 spiro atoms. The second-order valence-corrected chi connectivity index (χ2v) is 6.47. The third-order valence-electron chi connectivity index (χ3n) is 3.36. The summed E-state index contributed by atoms with van der Waals surface area (Å²) in [6, 6.07) is 9.89. The topological polar surface area (TPSA) is 37.3 Å². The van der Waals surface area contributed by atoms with E-state index in [1.54, 1.807) is 11.8 Å². The van der Waals surface area contributed by atoms with E-state index in [9.17, 15) is 9.90 Å². The Kier molecular flexibility index (Phi) is 9.22. The molecule has 0 aromatic heterocycles. The quantitative estimate of drug-likeness (QED) is 0.597. The number of rotatable bonds is 11. The van der Waals surface area contributed by atoms with Gasteiger partial charge in [-0.25, -0.2) is 0 Å². The predicted octanol–water partition coefficient (Wildman–Crippen LogP) is 4.78. The van der Waals surface area contributed by atoms with Crippen LogP contribution in [0.2, 0.25) is 0 Å². The number of unbranched alkanes of at least 4 members (excludes halogenated alkanes) is 5. The highest BCUT2D eigenvalue weighted by atomic mass is 32.2. The van der Waals surface area contributed by atoms with Crippen LogP contribution in [0.1, 0.15) is 51.0 Å². The first-order chi connectivity index (χ1) is 9.74. The highest BCUT2D eigenvalue weighted by Crippen LogP contribution is 2.19. The van der Waals surface area contributed by atoms with Crippen LogP contribution < -0.4 is 0 Å². The first-order valence-corrected chi connectivity index (χ1v) is 8.67. The van der Waals surface area contributed by atoms with Gasteiger partial charge in [-0.3, -0.25) is 4.79 Å². The van der Waals surface area contributed by atoms with Gasteiger partial charge in [0.1, 0.15) is 5.25 Å². The molecule has 2 nitrogen and oxygen atoms in total. The smallest absolute Gasteiger partial charge is 0.316 e. The van der Waals surface area contributed by atoms with Crippen molar-refractivity contribution in [1.82, 2.24) is 0 Å². The molecule has 0 amide bonds. The molecule has 1 N–H and O–H groups in total. The molecule has 0 saturated carbocycles. The van der Waals surface area contributed by atoms with E-state index in [1.807, 2.05) is 30.3 Å². The van der Waals surface area contributed by atoms with Crippen molar-refractivity contribution in [3.63, 3.8) is 0 Å². The molecule has 1 aromatic rings. The Bertz CT molecular complexity index is 365. The number of carbonyl (C=O) groups is 1. The maximum Gasteiger partial charge on any atom is 0.316 e. The number of hydrogen-bond acceptors (Lipinski definition) is 2. The average molecular weight is 294 g/mol. The van der Waals surface area contributed by atoms with E-state index in [1.165, 1.54) is 32.1 Å². The average Bonchev–Trinajstić information content (AvgIpc) is 2.46. The van der Waals surface area contributed by atoms with Crippen molar-refractivity contribution in [3.05, 3.63) is 35.9 Å². The van der Waals surface area contributed by atoms with Crippen molar-refractivity contribution in [2.45, 2.75) is 57.1 Å². The molecule has 3 heteroatoms. The lowest BCUT2D eigenvalue weighted by atomic mass is 10.1. The summed E-state index contributed by atoms with van der Waals surface area (Å²) in [4.78, 5) is 11.3. The number of aliphatic carboxylic acids is 1. The number of thioether (sulfide) groups is 1. The maximum atomic E-state index is 11.3. The van der Waals surface area contributed by atoms with E-state index in [4.69, 9.17) is 0 Å². The van der Waals surface area contributed by atoms with Crippen LogP contribution in [0.5, 0.6) is 0 Å². The van der Waals surface area contributed by atoms with Gasteiger partial charge in [-0.1, -0.05) is 69.4 Å². The summed E-state index contributed by atoms with van der Waals surface area (Å²) < 4.78 is 0. The minimum atomic E-state index is -0.690. The molecule has 20 heavy (non-hydrogen) atoms. The van der Waals surface area contributed by atoms with E-state index >= 15 is 0 Å². The molecule has 112 valence electrons. The van der Waals surface area contributed by atoms with Gasteiger partial charge in [0.25, 0.3) is 0 Å². The molecule has 0 aliphatic rings. The van der Waals surface area contributed by atoms with E-state index < -0.39 is 5.97 Å². The van der Waals surface area contributed by atoms with Crippen molar-refractivity contribution in [2.75, 3.05) is 5.75 Å². The number of carboxylic acid groups (broad SMARTS) is 1. The number of benzene rings is 1. The summed E-state index contributed by atoms with van der Waals surface area (Å²) in [5.41, 5.74) is 1.11. The van der Waals surface area contributed by atoms with Crippen molar-refractivity contribution >= 4 is 17.7 Å². The predicted molar refractivity (Wildman–Crippen MR) is 87.4 cm³/mol. The Labute approximate surface area is 127 Å². The zero-order valence-electron chi connectivity index (χ0n) is 12.4. The molecule has 0 fully saturated rings. The van der Waals surface area contributed by atoms with Gasteiger partial charge in [0.05, 0.1) is 0 Å². The summed E-state index contributed by atoms with van der Waals surface area (Å²) in [7, 11) is 0. The molecular formula is C17H26O2S. The van der Waals surface area contributed by atoms with Crippen molar-refractivity contribution < 1.29 is 9.90 Å². The lowest BCUT2D eigenvalue weighted by molar-refractivity contribution is -0.136. The molecule has 1 unspecified atom stereocenters. The second-order valence-electron chi connectivity index (χ2n) is 5.16. The molecule has 0 aliphatic carbocycles. The van der Waals surface area contributed by atoms with Gasteiger partial charge < -0.3 is 5.11 Å². The lowest BCUT2D eigenvalue weighted by Gasteiger charge is -2.12. The first kappa shape index (κ1) is 17.1. The normalized spacial score (nSPS) is 12.2. The van der Waals surface area contributed by atoms with Crippen molar-refractivity contribution in [1.29, 1.82) is 0 Å². The van der Waals surface area contributed by atoms with Crippen LogP contribution in [0.4, 0.5) is 0 Å². The Morgan fingerprint density at radius 2 is 1.75 bits per heavy atom. The van der Waals surface area contributed by atoms with Crippen molar-refractivity contribution in [3.8, 4) is 0 Å². The lowest BCUT2D eigenvalue weighted by Crippen LogP contribution is -2.19. The van der Waals surface area contributed by atoms with Crippen LogP contribution >= 0.6 is 11.8 Å². The Hall–Kier alpha value is -0.960. The second kappa shape index (κ2) is 10.8. The van der Waals surface area contributed by atoms with Crippen LogP contribution in [-0.4, -0.2) is 22.1 Å². The van der Waals surface area contributed by atoms with Crippen LogP contribution in [0.3, 0.4) is 0 Å². The van der Waals surface area contributed by atoms with Gasteiger partial charge in [-0.15, -0.1) is 11.8 Å². The largest absolute Gasteiger partial charge is 0.480 e. The molecular weight excluding hydrogens is 268 g/mol. The molecule has 0 radical (unpaired) electrons. The molecule has 1 atom stereocenters. The zero-order chi connectivity index (χ0) is 14.6. The molecule has 0 heterocycles. The van der Waals surface area contributed by atoms with Gasteiger partial charge >= 0.3 is 5.97 Å².